The minimum Gasteiger partial charge on any atom is -0.486 e. The Hall–Kier alpha value is -2.06. The van der Waals surface area contributed by atoms with Crippen molar-refractivity contribution in [3.63, 3.8) is 0 Å². The van der Waals surface area contributed by atoms with E-state index in [-0.39, 0.29) is 10.8 Å². The molecule has 1 unspecified atom stereocenters. The van der Waals surface area contributed by atoms with Crippen LogP contribution in [0, 0.1) is 11.7 Å². The number of rotatable bonds is 5. The summed E-state index contributed by atoms with van der Waals surface area (Å²) in [6, 6.07) is 11.7. The minimum atomic E-state index is -0.512. The summed E-state index contributed by atoms with van der Waals surface area (Å²) in [4.78, 5) is 0. The van der Waals surface area contributed by atoms with Crippen molar-refractivity contribution in [1.82, 2.24) is 0 Å². The van der Waals surface area contributed by atoms with E-state index in [0.29, 0.717) is 12.2 Å². The Kier molecular flexibility index (Phi) is 6.16. The van der Waals surface area contributed by atoms with Gasteiger partial charge in [-0.2, -0.15) is 0 Å². The van der Waals surface area contributed by atoms with Gasteiger partial charge in [-0.1, -0.05) is 61.0 Å². The zero-order valence-corrected chi connectivity index (χ0v) is 16.0. The van der Waals surface area contributed by atoms with E-state index in [1.807, 2.05) is 37.3 Å². The number of allylic oxidation sites excluding steroid dienone is 3. The molecule has 136 valence electrons. The van der Waals surface area contributed by atoms with Crippen LogP contribution in [0.25, 0.3) is 16.7 Å². The Morgan fingerprint density at radius 2 is 1.88 bits per heavy atom. The average molecular weight is 371 g/mol. The molecule has 0 aromatic heterocycles. The maximum atomic E-state index is 14.5. The molecule has 26 heavy (non-hydrogen) atoms. The van der Waals surface area contributed by atoms with Crippen LogP contribution in [0.4, 0.5) is 4.39 Å². The molecule has 0 fully saturated rings. The Balaban J connectivity index is 1.82. The molecule has 3 rings (SSSR count). The van der Waals surface area contributed by atoms with E-state index in [1.54, 1.807) is 6.07 Å². The lowest BCUT2D eigenvalue weighted by Crippen LogP contribution is -2.01. The number of halogens is 2. The van der Waals surface area contributed by atoms with Gasteiger partial charge in [-0.15, -0.1) is 0 Å². The Morgan fingerprint density at radius 1 is 1.15 bits per heavy atom. The normalized spacial score (nSPS) is 17.4. The molecule has 0 saturated carbocycles. The highest BCUT2D eigenvalue weighted by atomic mass is 35.5. The molecule has 1 aliphatic rings. The van der Waals surface area contributed by atoms with E-state index in [2.05, 4.69) is 25.1 Å². The second-order valence-corrected chi connectivity index (χ2v) is 7.18. The first-order valence-corrected chi connectivity index (χ1v) is 9.49. The quantitative estimate of drug-likeness (QED) is 0.501. The van der Waals surface area contributed by atoms with Gasteiger partial charge in [0, 0.05) is 5.56 Å². The molecule has 1 nitrogen and oxygen atoms in total. The Labute approximate surface area is 160 Å². The first-order valence-electron chi connectivity index (χ1n) is 9.12. The molecule has 0 radical (unpaired) electrons. The Morgan fingerprint density at radius 3 is 2.54 bits per heavy atom. The van der Waals surface area contributed by atoms with Crippen molar-refractivity contribution in [3.05, 3.63) is 71.0 Å². The van der Waals surface area contributed by atoms with Crippen LogP contribution in [0.15, 0.2) is 54.6 Å². The molecule has 0 spiro atoms. The largest absolute Gasteiger partial charge is 0.486 e. The second-order valence-electron chi connectivity index (χ2n) is 6.81. The molecule has 0 heterocycles. The third-order valence-corrected chi connectivity index (χ3v) is 5.23. The monoisotopic (exact) mass is 370 g/mol. The highest BCUT2D eigenvalue weighted by Gasteiger charge is 2.15. The standard InChI is InChI=1S/C23H24ClFO/c1-3-4-15-26-21-14-13-20(22(24)23(21)25)19-11-9-18(10-12-19)17-7-5-16(2)6-8-17/h3-4,7,9-14,16H,5-6,8,15H2,1-2H3. The van der Waals surface area contributed by atoms with E-state index in [9.17, 15) is 4.39 Å². The van der Waals surface area contributed by atoms with Gasteiger partial charge in [-0.3, -0.25) is 0 Å². The number of hydrogen-bond donors (Lipinski definition) is 0. The van der Waals surface area contributed by atoms with E-state index in [0.717, 1.165) is 24.3 Å². The molecule has 0 N–H and O–H groups in total. The van der Waals surface area contributed by atoms with Gasteiger partial charge >= 0.3 is 0 Å². The predicted octanol–water partition coefficient (Wildman–Crippen LogP) is 7.30. The van der Waals surface area contributed by atoms with Crippen molar-refractivity contribution in [2.45, 2.75) is 33.1 Å². The van der Waals surface area contributed by atoms with E-state index < -0.39 is 5.82 Å². The summed E-state index contributed by atoms with van der Waals surface area (Å²) in [5.74, 6) is 0.435. The SMILES string of the molecule is CC=CCOc1ccc(-c2ccc(C3=CCC(C)CC3)cc2)c(Cl)c1F. The van der Waals surface area contributed by atoms with Crippen LogP contribution in [-0.4, -0.2) is 6.61 Å². The van der Waals surface area contributed by atoms with Crippen molar-refractivity contribution in [2.24, 2.45) is 5.92 Å². The average Bonchev–Trinajstić information content (AvgIpc) is 2.66. The van der Waals surface area contributed by atoms with Crippen molar-refractivity contribution < 1.29 is 9.13 Å². The fourth-order valence-corrected chi connectivity index (χ4v) is 3.46. The first kappa shape index (κ1) is 18.7. The van der Waals surface area contributed by atoms with Crippen LogP contribution < -0.4 is 4.74 Å². The lowest BCUT2D eigenvalue weighted by atomic mass is 9.87. The third kappa shape index (κ3) is 4.19. The van der Waals surface area contributed by atoms with E-state index in [4.69, 9.17) is 16.3 Å². The zero-order valence-electron chi connectivity index (χ0n) is 15.3. The summed E-state index contributed by atoms with van der Waals surface area (Å²) in [6.45, 7) is 4.51. The zero-order chi connectivity index (χ0) is 18.5. The highest BCUT2D eigenvalue weighted by Crippen LogP contribution is 2.36. The first-order chi connectivity index (χ1) is 12.6. The maximum absolute atomic E-state index is 14.5. The van der Waals surface area contributed by atoms with Crippen molar-refractivity contribution in [3.8, 4) is 16.9 Å². The number of ether oxygens (including phenoxy) is 1. The molecule has 0 saturated heterocycles. The van der Waals surface area contributed by atoms with Crippen LogP contribution in [0.1, 0.15) is 38.7 Å². The van der Waals surface area contributed by atoms with E-state index >= 15 is 0 Å². The smallest absolute Gasteiger partial charge is 0.184 e. The van der Waals surface area contributed by atoms with Crippen molar-refractivity contribution in [2.75, 3.05) is 6.61 Å². The van der Waals surface area contributed by atoms with Crippen LogP contribution in [0.5, 0.6) is 5.75 Å². The minimum absolute atomic E-state index is 0.0986. The van der Waals surface area contributed by atoms with Crippen LogP contribution >= 0.6 is 11.6 Å². The molecule has 2 aromatic rings. The molecule has 1 aliphatic carbocycles. The topological polar surface area (TPSA) is 9.23 Å². The Bertz CT molecular complexity index is 821. The van der Waals surface area contributed by atoms with Gasteiger partial charge in [-0.05, 0) is 60.9 Å². The molecule has 0 bridgehead atoms. The van der Waals surface area contributed by atoms with Crippen molar-refractivity contribution >= 4 is 17.2 Å². The molecule has 3 heteroatoms. The second kappa shape index (κ2) is 8.55. The van der Waals surface area contributed by atoms with Gasteiger partial charge in [-0.25, -0.2) is 4.39 Å². The fraction of sp³-hybridized carbons (Fsp3) is 0.304. The van der Waals surface area contributed by atoms with Gasteiger partial charge < -0.3 is 4.74 Å². The summed E-state index contributed by atoms with van der Waals surface area (Å²) in [6.07, 6.45) is 9.52. The van der Waals surface area contributed by atoms with Gasteiger partial charge in [0.1, 0.15) is 6.61 Å². The number of benzene rings is 2. The third-order valence-electron chi connectivity index (χ3n) is 4.86. The molecule has 0 amide bonds. The highest BCUT2D eigenvalue weighted by molar-refractivity contribution is 6.33. The molecule has 0 aliphatic heterocycles. The summed E-state index contributed by atoms with van der Waals surface area (Å²) >= 11 is 6.27. The summed E-state index contributed by atoms with van der Waals surface area (Å²) in [5.41, 5.74) is 4.23. The van der Waals surface area contributed by atoms with Gasteiger partial charge in [0.05, 0.1) is 5.02 Å². The summed E-state index contributed by atoms with van der Waals surface area (Å²) < 4.78 is 19.9. The molecular weight excluding hydrogens is 347 g/mol. The van der Waals surface area contributed by atoms with Gasteiger partial charge in [0.25, 0.3) is 0 Å². The van der Waals surface area contributed by atoms with E-state index in [1.165, 1.54) is 17.6 Å². The van der Waals surface area contributed by atoms with Crippen LogP contribution in [-0.2, 0) is 0 Å². The van der Waals surface area contributed by atoms with Crippen molar-refractivity contribution in [1.29, 1.82) is 0 Å². The number of hydrogen-bond acceptors (Lipinski definition) is 1. The van der Waals surface area contributed by atoms with Gasteiger partial charge in [0.2, 0.25) is 0 Å². The molecular formula is C23H24ClFO. The fourth-order valence-electron chi connectivity index (χ4n) is 3.19. The summed E-state index contributed by atoms with van der Waals surface area (Å²) in [5, 5.41) is 0.0986. The van der Waals surface area contributed by atoms with Crippen LogP contribution in [0.3, 0.4) is 0 Å². The lowest BCUT2D eigenvalue weighted by Gasteiger charge is -2.18. The lowest BCUT2D eigenvalue weighted by molar-refractivity contribution is 0.341. The van der Waals surface area contributed by atoms with Gasteiger partial charge in [0.15, 0.2) is 11.6 Å². The maximum Gasteiger partial charge on any atom is 0.184 e. The van der Waals surface area contributed by atoms with Crippen LogP contribution in [0.2, 0.25) is 5.02 Å². The summed E-state index contributed by atoms with van der Waals surface area (Å²) in [7, 11) is 0. The molecule has 2 aromatic carbocycles. The predicted molar refractivity (Wildman–Crippen MR) is 108 cm³/mol. The molecule has 1 atom stereocenters.